The maximum Gasteiger partial charge on any atom is 0.353 e. The van der Waals surface area contributed by atoms with Crippen LogP contribution in [-0.4, -0.2) is 14.2 Å². The van der Waals surface area contributed by atoms with Crippen LogP contribution in [0.15, 0.2) is 35.2 Å². The zero-order valence-electron chi connectivity index (χ0n) is 6.50. The van der Waals surface area contributed by atoms with Gasteiger partial charge in [-0.1, -0.05) is 41.6 Å². The first kappa shape index (κ1) is 11.1. The van der Waals surface area contributed by atoms with E-state index in [9.17, 15) is 4.57 Å². The number of rotatable bonds is 3. The van der Waals surface area contributed by atoms with Gasteiger partial charge in [0.2, 0.25) is 0 Å². The number of halogens is 1. The number of alkyl halides is 1. The molecule has 1 aromatic carbocycles. The minimum absolute atomic E-state index is 0.742. The van der Waals surface area contributed by atoms with E-state index in [1.807, 2.05) is 6.07 Å². The van der Waals surface area contributed by atoms with Gasteiger partial charge in [0, 0.05) is 4.90 Å². The molecule has 1 unspecified atom stereocenters. The number of thioether (sulfide) groups is 1. The van der Waals surface area contributed by atoms with Crippen molar-refractivity contribution >= 4 is 31.0 Å². The van der Waals surface area contributed by atoms with Crippen LogP contribution in [-0.2, 0) is 4.57 Å². The molecule has 72 valence electrons. The van der Waals surface area contributed by atoms with Gasteiger partial charge in [-0.25, -0.2) is 0 Å². The van der Waals surface area contributed by atoms with Crippen LogP contribution in [0.3, 0.4) is 0 Å². The molecule has 0 saturated carbocycles. The van der Waals surface area contributed by atoms with Gasteiger partial charge >= 0.3 is 7.60 Å². The predicted molar refractivity (Wildman–Crippen MR) is 54.0 cm³/mol. The summed E-state index contributed by atoms with van der Waals surface area (Å²) in [6, 6.07) is 8.88. The van der Waals surface area contributed by atoms with Crippen LogP contribution in [0, 0.1) is 0 Å². The van der Waals surface area contributed by atoms with Gasteiger partial charge in [-0.05, 0) is 12.1 Å². The van der Waals surface area contributed by atoms with E-state index >= 15 is 0 Å². The summed E-state index contributed by atoms with van der Waals surface area (Å²) in [5.41, 5.74) is 0. The zero-order valence-corrected chi connectivity index (χ0v) is 8.97. The predicted octanol–water partition coefficient (Wildman–Crippen LogP) is 2.48. The fourth-order valence-electron chi connectivity index (χ4n) is 0.680. The van der Waals surface area contributed by atoms with Crippen molar-refractivity contribution < 1.29 is 14.4 Å². The largest absolute Gasteiger partial charge is 0.353 e. The van der Waals surface area contributed by atoms with Gasteiger partial charge in [0.15, 0.2) is 4.45 Å². The average molecular weight is 239 g/mol. The summed E-state index contributed by atoms with van der Waals surface area (Å²) in [6.45, 7) is 0. The Kier molecular flexibility index (Phi) is 3.83. The van der Waals surface area contributed by atoms with Crippen molar-refractivity contribution in [3.8, 4) is 0 Å². The molecule has 0 saturated heterocycles. The molecule has 0 aliphatic heterocycles. The molecule has 0 amide bonds. The second kappa shape index (κ2) is 4.49. The van der Waals surface area contributed by atoms with Crippen LogP contribution < -0.4 is 0 Å². The minimum atomic E-state index is -4.19. The first-order valence-electron chi connectivity index (χ1n) is 3.41. The van der Waals surface area contributed by atoms with Crippen LogP contribution in [0.2, 0.25) is 0 Å². The quantitative estimate of drug-likeness (QED) is 0.483. The lowest BCUT2D eigenvalue weighted by atomic mass is 10.4. The highest BCUT2D eigenvalue weighted by Gasteiger charge is 2.27. The Morgan fingerprint density at radius 3 is 2.31 bits per heavy atom. The molecule has 1 aromatic rings. The molecule has 0 fully saturated rings. The van der Waals surface area contributed by atoms with E-state index in [4.69, 9.17) is 21.4 Å². The van der Waals surface area contributed by atoms with E-state index in [1.165, 1.54) is 0 Å². The Morgan fingerprint density at radius 2 is 1.85 bits per heavy atom. The molecule has 0 radical (unpaired) electrons. The lowest BCUT2D eigenvalue weighted by molar-refractivity contribution is 0.376. The van der Waals surface area contributed by atoms with Crippen LogP contribution in [0.5, 0.6) is 0 Å². The number of hydrogen-bond acceptors (Lipinski definition) is 2. The summed E-state index contributed by atoms with van der Waals surface area (Å²) in [4.78, 5) is 18.2. The summed E-state index contributed by atoms with van der Waals surface area (Å²) in [5.74, 6) is 0. The highest BCUT2D eigenvalue weighted by Crippen LogP contribution is 2.51. The molecular formula is C7H8ClO3PS. The molecule has 0 aliphatic carbocycles. The summed E-state index contributed by atoms with van der Waals surface area (Å²) in [7, 11) is -4.19. The van der Waals surface area contributed by atoms with Gasteiger partial charge < -0.3 is 9.79 Å². The lowest BCUT2D eigenvalue weighted by Crippen LogP contribution is -1.92. The molecule has 1 atom stereocenters. The van der Waals surface area contributed by atoms with Crippen molar-refractivity contribution in [1.82, 2.24) is 0 Å². The van der Waals surface area contributed by atoms with E-state index in [0.29, 0.717) is 0 Å². The Labute approximate surface area is 85.3 Å². The van der Waals surface area contributed by atoms with Gasteiger partial charge in [0.25, 0.3) is 0 Å². The van der Waals surface area contributed by atoms with E-state index in [-0.39, 0.29) is 0 Å². The Bertz CT molecular complexity index is 313. The first-order valence-corrected chi connectivity index (χ1v) is 6.41. The smallest absolute Gasteiger partial charge is 0.323 e. The third-order valence-electron chi connectivity index (χ3n) is 1.24. The fraction of sp³-hybridized carbons (Fsp3) is 0.143. The molecule has 1 rings (SSSR count). The van der Waals surface area contributed by atoms with Gasteiger partial charge in [0.05, 0.1) is 0 Å². The summed E-state index contributed by atoms with van der Waals surface area (Å²) < 4.78 is 9.46. The molecule has 0 aromatic heterocycles. The van der Waals surface area contributed by atoms with E-state index in [0.717, 1.165) is 16.7 Å². The van der Waals surface area contributed by atoms with Gasteiger partial charge in [-0.3, -0.25) is 4.57 Å². The second-order valence-corrected chi connectivity index (χ2v) is 6.53. The molecule has 0 aliphatic rings. The van der Waals surface area contributed by atoms with Gasteiger partial charge in [0.1, 0.15) is 0 Å². The third-order valence-corrected chi connectivity index (χ3v) is 4.68. The van der Waals surface area contributed by atoms with Crippen molar-refractivity contribution in [1.29, 1.82) is 0 Å². The maximum atomic E-state index is 10.7. The Morgan fingerprint density at radius 1 is 1.31 bits per heavy atom. The third kappa shape index (κ3) is 3.71. The molecule has 13 heavy (non-hydrogen) atoms. The van der Waals surface area contributed by atoms with Gasteiger partial charge in [-0.15, -0.1) is 0 Å². The van der Waals surface area contributed by atoms with E-state index < -0.39 is 12.0 Å². The van der Waals surface area contributed by atoms with Crippen molar-refractivity contribution in [2.45, 2.75) is 9.35 Å². The van der Waals surface area contributed by atoms with Crippen LogP contribution >= 0.6 is 31.0 Å². The van der Waals surface area contributed by atoms with Crippen molar-refractivity contribution in [2.24, 2.45) is 0 Å². The molecular weight excluding hydrogens is 231 g/mol. The average Bonchev–Trinajstić information content (AvgIpc) is 2.04. The Balaban J connectivity index is 2.66. The van der Waals surface area contributed by atoms with Crippen LogP contribution in [0.25, 0.3) is 0 Å². The highest BCUT2D eigenvalue weighted by molar-refractivity contribution is 8.06. The van der Waals surface area contributed by atoms with E-state index in [2.05, 4.69) is 0 Å². The van der Waals surface area contributed by atoms with Crippen LogP contribution in [0.1, 0.15) is 0 Å². The molecule has 3 nitrogen and oxygen atoms in total. The summed E-state index contributed by atoms with van der Waals surface area (Å²) >= 11 is 6.44. The molecule has 6 heteroatoms. The van der Waals surface area contributed by atoms with Gasteiger partial charge in [-0.2, -0.15) is 0 Å². The zero-order chi connectivity index (χ0) is 9.90. The standard InChI is InChI=1S/C7H8ClO3PS/c8-7(12(9,10)11)13-6-4-2-1-3-5-6/h1-5,7H,(H2,9,10,11). The monoisotopic (exact) mass is 238 g/mol. The van der Waals surface area contributed by atoms with Crippen molar-refractivity contribution in [3.63, 3.8) is 0 Å². The first-order chi connectivity index (χ1) is 6.00. The van der Waals surface area contributed by atoms with Crippen molar-refractivity contribution in [2.75, 3.05) is 0 Å². The fourth-order valence-corrected chi connectivity index (χ4v) is 2.44. The van der Waals surface area contributed by atoms with Crippen molar-refractivity contribution in [3.05, 3.63) is 30.3 Å². The highest BCUT2D eigenvalue weighted by atomic mass is 35.5. The SMILES string of the molecule is O=P(O)(O)C(Cl)Sc1ccccc1. The number of hydrogen-bond donors (Lipinski definition) is 2. The lowest BCUT2D eigenvalue weighted by Gasteiger charge is -2.10. The molecule has 0 spiro atoms. The summed E-state index contributed by atoms with van der Waals surface area (Å²) in [5, 5.41) is 0. The van der Waals surface area contributed by atoms with E-state index in [1.54, 1.807) is 24.3 Å². The number of benzene rings is 1. The topological polar surface area (TPSA) is 57.5 Å². The molecule has 2 N–H and O–H groups in total. The van der Waals surface area contributed by atoms with Crippen LogP contribution in [0.4, 0.5) is 0 Å². The molecule has 0 bridgehead atoms. The normalized spacial score (nSPS) is 14.1. The summed E-state index contributed by atoms with van der Waals surface area (Å²) in [6.07, 6.45) is 0. The Hall–Kier alpha value is 0.01000. The minimum Gasteiger partial charge on any atom is -0.323 e. The molecule has 0 heterocycles. The second-order valence-electron chi connectivity index (χ2n) is 2.31. The maximum absolute atomic E-state index is 10.7.